The molecule has 0 N–H and O–H groups in total. The van der Waals surface area contributed by atoms with E-state index in [-0.39, 0.29) is 0 Å². The van der Waals surface area contributed by atoms with Crippen molar-refractivity contribution in [1.82, 2.24) is 0 Å². The van der Waals surface area contributed by atoms with Crippen molar-refractivity contribution >= 4 is 26.9 Å². The van der Waals surface area contributed by atoms with Gasteiger partial charge in [0.15, 0.2) is 0 Å². The zero-order valence-corrected chi connectivity index (χ0v) is 13.3. The van der Waals surface area contributed by atoms with E-state index in [4.69, 9.17) is 13.9 Å². The van der Waals surface area contributed by atoms with Gasteiger partial charge < -0.3 is 13.9 Å². The zero-order chi connectivity index (χ0) is 13.6. The van der Waals surface area contributed by atoms with E-state index in [0.29, 0.717) is 0 Å². The lowest BCUT2D eigenvalue weighted by Crippen LogP contribution is -2.46. The molecule has 0 saturated heterocycles. The molecule has 18 heavy (non-hydrogen) atoms. The number of benzene rings is 1. The van der Waals surface area contributed by atoms with Crippen LogP contribution < -0.4 is 5.19 Å². The first kappa shape index (κ1) is 15.7. The van der Waals surface area contributed by atoms with Gasteiger partial charge in [0.25, 0.3) is 15.0 Å². The summed E-state index contributed by atoms with van der Waals surface area (Å²) in [6.07, 6.45) is 0. The standard InChI is InChI=1S/C13H21O3SSi/c1-11-7-5-6-8-12(11)18(10-9-17)16-13(2,14-3)15-4/h5-8,17H,9-10H2,1-4H3. The maximum absolute atomic E-state index is 6.05. The van der Waals surface area contributed by atoms with Crippen LogP contribution in [0, 0.1) is 6.92 Å². The van der Waals surface area contributed by atoms with Crippen LogP contribution in [-0.4, -0.2) is 35.0 Å². The molecule has 0 aliphatic carbocycles. The van der Waals surface area contributed by atoms with Gasteiger partial charge in [0.1, 0.15) is 0 Å². The van der Waals surface area contributed by atoms with Crippen LogP contribution in [0.5, 0.6) is 0 Å². The van der Waals surface area contributed by atoms with Gasteiger partial charge in [-0.25, -0.2) is 0 Å². The van der Waals surface area contributed by atoms with Gasteiger partial charge in [-0.3, -0.25) is 0 Å². The van der Waals surface area contributed by atoms with Gasteiger partial charge in [0, 0.05) is 21.1 Å². The summed E-state index contributed by atoms with van der Waals surface area (Å²) >= 11 is 4.32. The van der Waals surface area contributed by atoms with E-state index in [9.17, 15) is 0 Å². The summed E-state index contributed by atoms with van der Waals surface area (Å²) < 4.78 is 16.6. The number of aryl methyl sites for hydroxylation is 1. The number of rotatable bonds is 7. The van der Waals surface area contributed by atoms with Crippen molar-refractivity contribution in [1.29, 1.82) is 0 Å². The fraction of sp³-hybridized carbons (Fsp3) is 0.538. The van der Waals surface area contributed by atoms with Crippen molar-refractivity contribution in [3.05, 3.63) is 29.8 Å². The van der Waals surface area contributed by atoms with Gasteiger partial charge in [-0.05, 0) is 29.5 Å². The molecular formula is C13H21O3SSi. The first-order valence-corrected chi connectivity index (χ1v) is 8.13. The number of thiol groups is 1. The first-order valence-electron chi connectivity index (χ1n) is 5.88. The van der Waals surface area contributed by atoms with Gasteiger partial charge in [-0.2, -0.15) is 12.6 Å². The Bertz CT molecular complexity index is 369. The van der Waals surface area contributed by atoms with E-state index >= 15 is 0 Å². The molecule has 0 aliphatic rings. The molecule has 0 amide bonds. The Morgan fingerprint density at radius 2 is 1.83 bits per heavy atom. The molecule has 0 unspecified atom stereocenters. The van der Waals surface area contributed by atoms with Crippen molar-refractivity contribution in [2.45, 2.75) is 25.9 Å². The number of ether oxygens (including phenoxy) is 2. The molecule has 5 heteroatoms. The minimum absolute atomic E-state index is 0.784. The van der Waals surface area contributed by atoms with E-state index < -0.39 is 15.0 Å². The Kier molecular flexibility index (Phi) is 6.38. The molecule has 0 aromatic heterocycles. The normalized spacial score (nSPS) is 12.1. The number of hydrogen-bond acceptors (Lipinski definition) is 4. The van der Waals surface area contributed by atoms with E-state index in [1.54, 1.807) is 21.1 Å². The highest BCUT2D eigenvalue weighted by atomic mass is 32.1. The second-order valence-corrected chi connectivity index (χ2v) is 6.62. The van der Waals surface area contributed by atoms with Gasteiger partial charge in [-0.15, -0.1) is 0 Å². The Morgan fingerprint density at radius 3 is 2.33 bits per heavy atom. The summed E-state index contributed by atoms with van der Waals surface area (Å²) in [6.45, 7) is 3.88. The molecular weight excluding hydrogens is 264 g/mol. The van der Waals surface area contributed by atoms with Crippen LogP contribution in [0.4, 0.5) is 0 Å². The van der Waals surface area contributed by atoms with Crippen LogP contribution in [0.15, 0.2) is 24.3 Å². The molecule has 0 saturated carbocycles. The molecule has 0 spiro atoms. The molecule has 0 atom stereocenters. The third-order valence-corrected chi connectivity index (χ3v) is 5.96. The Labute approximate surface area is 117 Å². The van der Waals surface area contributed by atoms with Crippen LogP contribution in [0.25, 0.3) is 0 Å². The predicted octanol–water partition coefficient (Wildman–Crippen LogP) is 2.11. The van der Waals surface area contributed by atoms with E-state index in [0.717, 1.165) is 11.8 Å². The fourth-order valence-corrected chi connectivity index (χ4v) is 4.33. The SMILES string of the molecule is COC(C)(OC)O[Si](CCS)c1ccccc1C. The summed E-state index contributed by atoms with van der Waals surface area (Å²) in [4.78, 5) is 0. The fourth-order valence-electron chi connectivity index (χ4n) is 1.62. The minimum Gasteiger partial charge on any atom is -0.364 e. The summed E-state index contributed by atoms with van der Waals surface area (Å²) in [5.41, 5.74) is 1.24. The van der Waals surface area contributed by atoms with Gasteiger partial charge >= 0.3 is 0 Å². The second-order valence-electron chi connectivity index (χ2n) is 4.08. The molecule has 0 bridgehead atoms. The molecule has 1 aromatic carbocycles. The highest BCUT2D eigenvalue weighted by Gasteiger charge is 2.31. The summed E-state index contributed by atoms with van der Waals surface area (Å²) in [6, 6.07) is 9.18. The largest absolute Gasteiger partial charge is 0.364 e. The molecule has 1 aromatic rings. The topological polar surface area (TPSA) is 27.7 Å². The molecule has 101 valence electrons. The Balaban J connectivity index is 2.93. The van der Waals surface area contributed by atoms with E-state index in [1.165, 1.54) is 10.8 Å². The van der Waals surface area contributed by atoms with Crippen molar-refractivity contribution in [2.24, 2.45) is 0 Å². The molecule has 1 rings (SSSR count). The van der Waals surface area contributed by atoms with Gasteiger partial charge in [0.05, 0.1) is 0 Å². The van der Waals surface area contributed by atoms with Crippen molar-refractivity contribution in [3.63, 3.8) is 0 Å². The van der Waals surface area contributed by atoms with Crippen LogP contribution >= 0.6 is 12.6 Å². The Morgan fingerprint density at radius 1 is 1.22 bits per heavy atom. The highest BCUT2D eigenvalue weighted by molar-refractivity contribution is 7.80. The third kappa shape index (κ3) is 4.10. The van der Waals surface area contributed by atoms with Gasteiger partial charge in [0.2, 0.25) is 0 Å². The van der Waals surface area contributed by atoms with E-state index in [1.807, 2.05) is 12.1 Å². The molecule has 3 nitrogen and oxygen atoms in total. The molecule has 0 heterocycles. The van der Waals surface area contributed by atoms with Crippen molar-refractivity contribution in [3.8, 4) is 0 Å². The molecule has 1 radical (unpaired) electrons. The maximum atomic E-state index is 6.05. The predicted molar refractivity (Wildman–Crippen MR) is 78.7 cm³/mol. The minimum atomic E-state index is -1.21. The van der Waals surface area contributed by atoms with Crippen molar-refractivity contribution < 1.29 is 13.9 Å². The highest BCUT2D eigenvalue weighted by Crippen LogP contribution is 2.16. The quantitative estimate of drug-likeness (QED) is 0.472. The lowest BCUT2D eigenvalue weighted by Gasteiger charge is -2.31. The average molecular weight is 285 g/mol. The summed E-state index contributed by atoms with van der Waals surface area (Å²) in [7, 11) is 1.96. The lowest BCUT2D eigenvalue weighted by atomic mass is 10.2. The van der Waals surface area contributed by atoms with Crippen molar-refractivity contribution in [2.75, 3.05) is 20.0 Å². The van der Waals surface area contributed by atoms with E-state index in [2.05, 4.69) is 31.7 Å². The Hall–Kier alpha value is -0.333. The van der Waals surface area contributed by atoms with Gasteiger partial charge in [-0.1, -0.05) is 24.3 Å². The van der Waals surface area contributed by atoms with Crippen LogP contribution in [0.2, 0.25) is 6.04 Å². The monoisotopic (exact) mass is 285 g/mol. The average Bonchev–Trinajstić information content (AvgIpc) is 2.39. The van der Waals surface area contributed by atoms with Crippen LogP contribution in [0.3, 0.4) is 0 Å². The van der Waals surface area contributed by atoms with Crippen LogP contribution in [0.1, 0.15) is 12.5 Å². The molecule has 0 fully saturated rings. The third-order valence-electron chi connectivity index (χ3n) is 2.83. The summed E-state index contributed by atoms with van der Waals surface area (Å²) in [5, 5.41) is 1.25. The zero-order valence-electron chi connectivity index (χ0n) is 11.4. The van der Waals surface area contributed by atoms with Crippen LogP contribution in [-0.2, 0) is 13.9 Å². The first-order chi connectivity index (χ1) is 8.56. The second kappa shape index (κ2) is 7.30. The lowest BCUT2D eigenvalue weighted by molar-refractivity contribution is -0.312. The number of hydrogen-bond donors (Lipinski definition) is 1. The molecule has 0 aliphatic heterocycles. The number of methoxy groups -OCH3 is 2. The maximum Gasteiger partial charge on any atom is 0.270 e. The smallest absolute Gasteiger partial charge is 0.270 e. The summed E-state index contributed by atoms with van der Waals surface area (Å²) in [5.74, 6) is -0.203.